The second-order valence-corrected chi connectivity index (χ2v) is 7.99. The third-order valence-corrected chi connectivity index (χ3v) is 5.78. The number of nitrogens with zero attached hydrogens (tertiary/aromatic N) is 2. The van der Waals surface area contributed by atoms with Crippen molar-refractivity contribution in [2.75, 3.05) is 23.9 Å². The predicted molar refractivity (Wildman–Crippen MR) is 127 cm³/mol. The maximum atomic E-state index is 13.2. The van der Waals surface area contributed by atoms with Crippen molar-refractivity contribution >= 4 is 29.1 Å². The molecule has 0 saturated carbocycles. The van der Waals surface area contributed by atoms with Gasteiger partial charge in [-0.2, -0.15) is 0 Å². The molecule has 5 nitrogen and oxygen atoms in total. The zero-order valence-corrected chi connectivity index (χ0v) is 18.4. The highest BCUT2D eigenvalue weighted by molar-refractivity contribution is 6.29. The first kappa shape index (κ1) is 21.9. The molecule has 0 aliphatic carbocycles. The van der Waals surface area contributed by atoms with E-state index in [1.807, 2.05) is 65.6 Å². The van der Waals surface area contributed by atoms with Crippen molar-refractivity contribution in [1.82, 2.24) is 4.90 Å². The minimum absolute atomic E-state index is 0.0488. The molecule has 1 heterocycles. The van der Waals surface area contributed by atoms with Gasteiger partial charge in [0, 0.05) is 24.3 Å². The van der Waals surface area contributed by atoms with Gasteiger partial charge in [0.05, 0.1) is 6.04 Å². The van der Waals surface area contributed by atoms with Crippen LogP contribution in [0.1, 0.15) is 23.2 Å². The Bertz CT molecular complexity index is 1040. The molecule has 1 saturated heterocycles. The van der Waals surface area contributed by atoms with Gasteiger partial charge in [-0.3, -0.25) is 9.59 Å². The van der Waals surface area contributed by atoms with E-state index in [2.05, 4.69) is 0 Å². The third-order valence-electron chi connectivity index (χ3n) is 5.55. The highest BCUT2D eigenvalue weighted by Crippen LogP contribution is 2.26. The molecule has 1 fully saturated rings. The number of carbonyl (C=O) groups is 2. The lowest BCUT2D eigenvalue weighted by Crippen LogP contribution is -2.52. The van der Waals surface area contributed by atoms with E-state index >= 15 is 0 Å². The summed E-state index contributed by atoms with van der Waals surface area (Å²) in [5.41, 5.74) is 1.40. The van der Waals surface area contributed by atoms with Gasteiger partial charge in [-0.05, 0) is 61.4 Å². The van der Waals surface area contributed by atoms with Gasteiger partial charge >= 0.3 is 0 Å². The molecule has 6 heteroatoms. The van der Waals surface area contributed by atoms with Crippen LogP contribution in [0.25, 0.3) is 0 Å². The first-order valence-electron chi connectivity index (χ1n) is 10.7. The van der Waals surface area contributed by atoms with E-state index in [0.29, 0.717) is 24.4 Å². The number of hydrogen-bond acceptors (Lipinski definition) is 3. The van der Waals surface area contributed by atoms with Gasteiger partial charge in [0.25, 0.3) is 5.91 Å². The van der Waals surface area contributed by atoms with E-state index in [4.69, 9.17) is 16.3 Å². The summed E-state index contributed by atoms with van der Waals surface area (Å²) in [4.78, 5) is 29.3. The fourth-order valence-electron chi connectivity index (χ4n) is 4.03. The predicted octanol–water partition coefficient (Wildman–Crippen LogP) is 5.36. The van der Waals surface area contributed by atoms with E-state index in [1.165, 1.54) is 0 Å². The summed E-state index contributed by atoms with van der Waals surface area (Å²) in [6.07, 6.45) is 1.65. The average Bonchev–Trinajstić information content (AvgIpc) is 2.85. The van der Waals surface area contributed by atoms with Crippen molar-refractivity contribution < 1.29 is 14.3 Å². The Morgan fingerprint density at radius 3 is 2.19 bits per heavy atom. The molecule has 1 unspecified atom stereocenters. The molecule has 0 aromatic heterocycles. The van der Waals surface area contributed by atoms with Crippen LogP contribution in [0.3, 0.4) is 0 Å². The number of ether oxygens (including phenoxy) is 1. The average molecular weight is 449 g/mol. The molecule has 1 aliphatic rings. The van der Waals surface area contributed by atoms with Crippen molar-refractivity contribution in [2.45, 2.75) is 18.9 Å². The number of benzene rings is 3. The third kappa shape index (κ3) is 5.11. The van der Waals surface area contributed by atoms with Crippen LogP contribution in [0, 0.1) is 0 Å². The van der Waals surface area contributed by atoms with Crippen LogP contribution in [0.15, 0.2) is 84.9 Å². The Hall–Kier alpha value is -3.31. The van der Waals surface area contributed by atoms with E-state index in [9.17, 15) is 9.59 Å². The lowest BCUT2D eigenvalue weighted by Gasteiger charge is -2.39. The van der Waals surface area contributed by atoms with Crippen molar-refractivity contribution in [1.29, 1.82) is 0 Å². The Morgan fingerprint density at radius 1 is 0.906 bits per heavy atom. The first-order valence-corrected chi connectivity index (χ1v) is 11.2. The van der Waals surface area contributed by atoms with E-state index in [0.717, 1.165) is 24.3 Å². The monoisotopic (exact) mass is 448 g/mol. The van der Waals surface area contributed by atoms with Crippen LogP contribution in [0.5, 0.6) is 11.5 Å². The molecule has 0 bridgehead atoms. The Labute approximate surface area is 193 Å². The molecule has 3 aromatic rings. The molecule has 164 valence electrons. The second-order valence-electron chi connectivity index (χ2n) is 7.72. The largest absolute Gasteiger partial charge is 0.457 e. The van der Waals surface area contributed by atoms with Gasteiger partial charge in [0.1, 0.15) is 17.4 Å². The Morgan fingerprint density at radius 2 is 1.53 bits per heavy atom. The van der Waals surface area contributed by atoms with Gasteiger partial charge < -0.3 is 14.5 Å². The molecule has 32 heavy (non-hydrogen) atoms. The lowest BCUT2D eigenvalue weighted by atomic mass is 10.0. The molecule has 0 N–H and O–H groups in total. The lowest BCUT2D eigenvalue weighted by molar-refractivity contribution is -0.117. The number of para-hydroxylation sites is 2. The van der Waals surface area contributed by atoms with Crippen LogP contribution in [-0.2, 0) is 4.79 Å². The molecular weight excluding hydrogens is 424 g/mol. The Balaban J connectivity index is 1.46. The number of piperidine rings is 1. The summed E-state index contributed by atoms with van der Waals surface area (Å²) in [7, 11) is 0. The Kier molecular flexibility index (Phi) is 7.07. The number of carbonyl (C=O) groups excluding carboxylic acids is 2. The van der Waals surface area contributed by atoms with Gasteiger partial charge in [0.15, 0.2) is 0 Å². The number of likely N-dealkylation sites (tertiary alicyclic amines) is 1. The number of hydrogen-bond donors (Lipinski definition) is 0. The minimum atomic E-state index is -0.153. The van der Waals surface area contributed by atoms with Crippen molar-refractivity contribution in [2.24, 2.45) is 0 Å². The quantitative estimate of drug-likeness (QED) is 0.477. The van der Waals surface area contributed by atoms with Crippen LogP contribution in [0.4, 0.5) is 5.69 Å². The van der Waals surface area contributed by atoms with Crippen molar-refractivity contribution in [3.05, 3.63) is 90.5 Å². The standard InChI is InChI=1S/C26H25ClN2O3/c27-18-25(30)29(21-8-3-1-4-9-21)22-10-7-17-28(19-22)26(31)20-13-15-24(16-14-20)32-23-11-5-2-6-12-23/h1-6,8-9,11-16,22H,7,10,17-19H2. The molecule has 1 aliphatic heterocycles. The summed E-state index contributed by atoms with van der Waals surface area (Å²) in [5.74, 6) is 1.12. The normalized spacial score (nSPS) is 15.8. The summed E-state index contributed by atoms with van der Waals surface area (Å²) < 4.78 is 5.81. The van der Waals surface area contributed by atoms with Crippen LogP contribution in [-0.4, -0.2) is 41.7 Å². The smallest absolute Gasteiger partial charge is 0.253 e. The molecule has 0 spiro atoms. The minimum Gasteiger partial charge on any atom is -0.457 e. The van der Waals surface area contributed by atoms with Crippen molar-refractivity contribution in [3.8, 4) is 11.5 Å². The fourth-order valence-corrected chi connectivity index (χ4v) is 4.16. The SMILES string of the molecule is O=C(c1ccc(Oc2ccccc2)cc1)N1CCCC(N(C(=O)CCl)c2ccccc2)C1. The van der Waals surface area contributed by atoms with Crippen LogP contribution in [0.2, 0.25) is 0 Å². The summed E-state index contributed by atoms with van der Waals surface area (Å²) in [6.45, 7) is 1.13. The number of rotatable bonds is 6. The maximum Gasteiger partial charge on any atom is 0.253 e. The summed E-state index contributed by atoms with van der Waals surface area (Å²) in [6, 6.07) is 26.1. The molecule has 2 amide bonds. The zero-order chi connectivity index (χ0) is 22.3. The molecular formula is C26H25ClN2O3. The first-order chi connectivity index (χ1) is 15.7. The number of amides is 2. The highest BCUT2D eigenvalue weighted by Gasteiger charge is 2.31. The molecule has 3 aromatic carbocycles. The zero-order valence-electron chi connectivity index (χ0n) is 17.7. The van der Waals surface area contributed by atoms with E-state index < -0.39 is 0 Å². The van der Waals surface area contributed by atoms with Crippen LogP contribution >= 0.6 is 11.6 Å². The highest BCUT2D eigenvalue weighted by atomic mass is 35.5. The molecule has 4 rings (SSSR count). The van der Waals surface area contributed by atoms with Crippen molar-refractivity contribution in [3.63, 3.8) is 0 Å². The molecule has 1 atom stereocenters. The van der Waals surface area contributed by atoms with Crippen LogP contribution < -0.4 is 9.64 Å². The van der Waals surface area contributed by atoms with E-state index in [1.54, 1.807) is 29.2 Å². The van der Waals surface area contributed by atoms with Gasteiger partial charge in [-0.1, -0.05) is 36.4 Å². The number of anilines is 1. The van der Waals surface area contributed by atoms with Gasteiger partial charge in [0.2, 0.25) is 5.91 Å². The number of alkyl halides is 1. The fraction of sp³-hybridized carbons (Fsp3) is 0.231. The summed E-state index contributed by atoms with van der Waals surface area (Å²) in [5, 5.41) is 0. The maximum absolute atomic E-state index is 13.2. The van der Waals surface area contributed by atoms with Gasteiger partial charge in [-0.15, -0.1) is 11.6 Å². The topological polar surface area (TPSA) is 49.9 Å². The van der Waals surface area contributed by atoms with Gasteiger partial charge in [-0.25, -0.2) is 0 Å². The molecule has 0 radical (unpaired) electrons. The summed E-state index contributed by atoms with van der Waals surface area (Å²) >= 11 is 5.90. The second kappa shape index (κ2) is 10.3. The van der Waals surface area contributed by atoms with E-state index in [-0.39, 0.29) is 23.7 Å². The number of halogens is 1.